The second-order valence-electron chi connectivity index (χ2n) is 8.24. The van der Waals surface area contributed by atoms with Crippen LogP contribution in [-0.2, 0) is 9.84 Å². The Morgan fingerprint density at radius 1 is 1.34 bits per heavy atom. The molecule has 0 radical (unpaired) electrons. The van der Waals surface area contributed by atoms with Crippen LogP contribution in [0.4, 0.5) is 0 Å². The molecule has 2 saturated heterocycles. The average molecular weight is 421 g/mol. The zero-order valence-electron chi connectivity index (χ0n) is 17.1. The van der Waals surface area contributed by atoms with Gasteiger partial charge in [0.25, 0.3) is 0 Å². The molecule has 160 valence electrons. The van der Waals surface area contributed by atoms with Gasteiger partial charge in [-0.05, 0) is 55.5 Å². The van der Waals surface area contributed by atoms with Crippen molar-refractivity contribution in [2.45, 2.75) is 31.8 Å². The first-order chi connectivity index (χ1) is 13.9. The molecule has 3 rings (SSSR count). The highest BCUT2D eigenvalue weighted by atomic mass is 32.2. The minimum atomic E-state index is -2.88. The van der Waals surface area contributed by atoms with Gasteiger partial charge in [0.1, 0.15) is 22.2 Å². The number of nitriles is 1. The number of hydrogen-bond donors (Lipinski definition) is 2. The van der Waals surface area contributed by atoms with Crippen LogP contribution in [0.1, 0.15) is 25.3 Å². The second kappa shape index (κ2) is 9.90. The lowest BCUT2D eigenvalue weighted by Gasteiger charge is -2.23. The summed E-state index contributed by atoms with van der Waals surface area (Å²) in [5, 5.41) is 12.4. The Balaban J connectivity index is 1.40. The van der Waals surface area contributed by atoms with E-state index in [0.29, 0.717) is 35.8 Å². The predicted molar refractivity (Wildman–Crippen MR) is 113 cm³/mol. The Morgan fingerprint density at radius 2 is 2.10 bits per heavy atom. The Hall–Kier alpha value is -1.66. The number of likely N-dealkylation sites (tertiary alicyclic amines) is 1. The number of benzene rings is 1. The fourth-order valence-electron chi connectivity index (χ4n) is 4.46. The number of fused-ring (bicyclic) bond motifs is 1. The van der Waals surface area contributed by atoms with Crippen molar-refractivity contribution in [2.75, 3.05) is 44.3 Å². The van der Waals surface area contributed by atoms with E-state index in [4.69, 9.17) is 15.7 Å². The molecule has 4 atom stereocenters. The molecule has 7 nitrogen and oxygen atoms in total. The molecule has 1 aromatic rings. The van der Waals surface area contributed by atoms with E-state index in [9.17, 15) is 8.42 Å². The first-order valence-corrected chi connectivity index (χ1v) is 12.3. The number of ether oxygens (including phenoxy) is 1. The van der Waals surface area contributed by atoms with Crippen molar-refractivity contribution in [1.29, 1.82) is 5.26 Å². The molecule has 8 heteroatoms. The third kappa shape index (κ3) is 6.16. The van der Waals surface area contributed by atoms with E-state index in [-0.39, 0.29) is 11.8 Å². The molecule has 2 heterocycles. The average Bonchev–Trinajstić information content (AvgIpc) is 3.27. The number of nitrogens with one attached hydrogen (secondary N) is 1. The normalized spacial score (nSPS) is 25.5. The summed E-state index contributed by atoms with van der Waals surface area (Å²) in [6.07, 6.45) is 1.65. The van der Waals surface area contributed by atoms with Crippen LogP contribution in [0.2, 0.25) is 0 Å². The highest BCUT2D eigenvalue weighted by Gasteiger charge is 2.42. The molecule has 29 heavy (non-hydrogen) atoms. The van der Waals surface area contributed by atoms with Crippen LogP contribution >= 0.6 is 0 Å². The number of rotatable bonds is 10. The molecule has 0 bridgehead atoms. The van der Waals surface area contributed by atoms with Crippen molar-refractivity contribution in [3.05, 3.63) is 29.8 Å². The van der Waals surface area contributed by atoms with Crippen LogP contribution in [0, 0.1) is 23.2 Å². The van der Waals surface area contributed by atoms with E-state index in [2.05, 4.69) is 16.3 Å². The van der Waals surface area contributed by atoms with Crippen LogP contribution in [0.5, 0.6) is 5.75 Å². The molecule has 0 aliphatic carbocycles. The number of hydrogen-bond acceptors (Lipinski definition) is 7. The minimum absolute atomic E-state index is 0.0782. The van der Waals surface area contributed by atoms with E-state index in [0.717, 1.165) is 44.8 Å². The molecule has 1 aromatic carbocycles. The fourth-order valence-corrected chi connectivity index (χ4v) is 5.36. The van der Waals surface area contributed by atoms with Gasteiger partial charge in [0, 0.05) is 31.4 Å². The van der Waals surface area contributed by atoms with E-state index >= 15 is 0 Å². The van der Waals surface area contributed by atoms with Crippen molar-refractivity contribution in [3.63, 3.8) is 0 Å². The number of nitrogens with two attached hydrogens (primary N) is 1. The summed E-state index contributed by atoms with van der Waals surface area (Å²) in [5.41, 5.74) is 6.90. The lowest BCUT2D eigenvalue weighted by atomic mass is 9.92. The van der Waals surface area contributed by atoms with Gasteiger partial charge in [-0.3, -0.25) is 0 Å². The Labute approximate surface area is 174 Å². The minimum Gasteiger partial charge on any atom is -0.492 e. The van der Waals surface area contributed by atoms with E-state index in [1.165, 1.54) is 0 Å². The van der Waals surface area contributed by atoms with Crippen molar-refractivity contribution in [3.8, 4) is 11.8 Å². The highest BCUT2D eigenvalue weighted by Crippen LogP contribution is 2.32. The lowest BCUT2D eigenvalue weighted by molar-refractivity contribution is 0.225. The maximum Gasteiger partial charge on any atom is 0.150 e. The summed E-state index contributed by atoms with van der Waals surface area (Å²) < 4.78 is 29.2. The Kier molecular flexibility index (Phi) is 7.52. The molecule has 0 aromatic heterocycles. The van der Waals surface area contributed by atoms with Crippen molar-refractivity contribution in [2.24, 2.45) is 17.6 Å². The molecule has 3 unspecified atom stereocenters. The lowest BCUT2D eigenvalue weighted by Crippen LogP contribution is -2.42. The van der Waals surface area contributed by atoms with Gasteiger partial charge in [-0.2, -0.15) is 5.26 Å². The maximum atomic E-state index is 11.7. The first-order valence-electron chi connectivity index (χ1n) is 10.4. The molecule has 3 N–H and O–H groups in total. The molecular formula is C21H32N4O3S. The monoisotopic (exact) mass is 420 g/mol. The van der Waals surface area contributed by atoms with Crippen molar-refractivity contribution >= 4 is 9.84 Å². The van der Waals surface area contributed by atoms with Gasteiger partial charge in [0.05, 0.1) is 23.4 Å². The topological polar surface area (TPSA) is 108 Å². The van der Waals surface area contributed by atoms with Crippen LogP contribution in [0.3, 0.4) is 0 Å². The standard InChI is InChI=1S/C21H32N4O3S/c1-2-29(26,27)9-3-4-21-20-14-25(12-17(20)11-24-21)13-18(23)15-28-19-7-5-16(10-22)6-8-19/h5-8,17-18,20-21,24H,2-4,9,11-15,23H2,1H3/t17?,18-,20?,21?/m0/s1. The quantitative estimate of drug-likeness (QED) is 0.581. The largest absolute Gasteiger partial charge is 0.492 e. The SMILES string of the molecule is CCS(=O)(=O)CCCC1NCC2CN(C[C@H](N)COc3ccc(C#N)cc3)CC21. The molecule has 2 fully saturated rings. The van der Waals surface area contributed by atoms with E-state index < -0.39 is 9.84 Å². The van der Waals surface area contributed by atoms with Gasteiger partial charge in [0.15, 0.2) is 0 Å². The summed E-state index contributed by atoms with van der Waals surface area (Å²) in [7, 11) is -2.88. The summed E-state index contributed by atoms with van der Waals surface area (Å²) in [4.78, 5) is 2.42. The second-order valence-corrected chi connectivity index (χ2v) is 10.7. The van der Waals surface area contributed by atoms with Gasteiger partial charge in [0.2, 0.25) is 0 Å². The van der Waals surface area contributed by atoms with Crippen LogP contribution in [-0.4, -0.2) is 69.7 Å². The van der Waals surface area contributed by atoms with E-state index in [1.807, 2.05) is 0 Å². The number of sulfone groups is 1. The number of nitrogens with zero attached hydrogens (tertiary/aromatic N) is 2. The molecular weight excluding hydrogens is 388 g/mol. The smallest absolute Gasteiger partial charge is 0.150 e. The summed E-state index contributed by atoms with van der Waals surface area (Å²) in [5.74, 6) is 2.44. The molecule has 2 aliphatic heterocycles. The van der Waals surface area contributed by atoms with Crippen LogP contribution in [0.15, 0.2) is 24.3 Å². The summed E-state index contributed by atoms with van der Waals surface area (Å²) >= 11 is 0. The molecule has 2 aliphatic rings. The maximum absolute atomic E-state index is 11.7. The molecule has 0 amide bonds. The van der Waals surface area contributed by atoms with Gasteiger partial charge >= 0.3 is 0 Å². The third-order valence-corrected chi connectivity index (χ3v) is 7.87. The highest BCUT2D eigenvalue weighted by molar-refractivity contribution is 7.91. The van der Waals surface area contributed by atoms with Gasteiger partial charge in [-0.15, -0.1) is 0 Å². The Morgan fingerprint density at radius 3 is 2.79 bits per heavy atom. The van der Waals surface area contributed by atoms with Crippen molar-refractivity contribution < 1.29 is 13.2 Å². The zero-order valence-corrected chi connectivity index (χ0v) is 17.9. The zero-order chi connectivity index (χ0) is 20.9. The summed E-state index contributed by atoms with van der Waals surface area (Å²) in [6, 6.07) is 9.48. The summed E-state index contributed by atoms with van der Waals surface area (Å²) in [6.45, 7) is 5.99. The van der Waals surface area contributed by atoms with Gasteiger partial charge < -0.3 is 20.7 Å². The third-order valence-electron chi connectivity index (χ3n) is 6.08. The van der Waals surface area contributed by atoms with Gasteiger partial charge in [-0.25, -0.2) is 8.42 Å². The molecule has 0 saturated carbocycles. The predicted octanol–water partition coefficient (Wildman–Crippen LogP) is 0.999. The first kappa shape index (κ1) is 22.0. The van der Waals surface area contributed by atoms with Crippen LogP contribution < -0.4 is 15.8 Å². The molecule has 0 spiro atoms. The van der Waals surface area contributed by atoms with E-state index in [1.54, 1.807) is 31.2 Å². The van der Waals surface area contributed by atoms with Crippen molar-refractivity contribution in [1.82, 2.24) is 10.2 Å². The fraction of sp³-hybridized carbons (Fsp3) is 0.667. The van der Waals surface area contributed by atoms with Crippen LogP contribution in [0.25, 0.3) is 0 Å². The van der Waals surface area contributed by atoms with Gasteiger partial charge in [-0.1, -0.05) is 6.92 Å². The Bertz CT molecular complexity index is 806.